The summed E-state index contributed by atoms with van der Waals surface area (Å²) in [6, 6.07) is 0. The molecule has 0 aromatic carbocycles. The van der Waals surface area contributed by atoms with Crippen LogP contribution in [0.3, 0.4) is 0 Å². The number of rotatable bonds is 3. The largest absolute Gasteiger partial charge is 0.396 e. The van der Waals surface area contributed by atoms with E-state index in [9.17, 15) is 9.90 Å². The SMILES string of the molecule is NC(=O)c1cnc(N)nc1N1CCCC(CO)C1. The molecule has 2 rings (SSSR count). The molecule has 1 unspecified atom stereocenters. The maximum Gasteiger partial charge on any atom is 0.254 e. The van der Waals surface area contributed by atoms with Gasteiger partial charge >= 0.3 is 0 Å². The van der Waals surface area contributed by atoms with Crippen molar-refractivity contribution >= 4 is 17.7 Å². The monoisotopic (exact) mass is 251 g/mol. The molecular weight excluding hydrogens is 234 g/mol. The topological polar surface area (TPSA) is 118 Å². The highest BCUT2D eigenvalue weighted by molar-refractivity contribution is 5.97. The normalized spacial score (nSPS) is 19.8. The molecule has 98 valence electrons. The number of aromatic nitrogens is 2. The van der Waals surface area contributed by atoms with Crippen molar-refractivity contribution in [3.05, 3.63) is 11.8 Å². The second kappa shape index (κ2) is 5.18. The number of hydrogen-bond donors (Lipinski definition) is 3. The second-order valence-electron chi connectivity index (χ2n) is 4.47. The molecular formula is C11H17N5O2. The summed E-state index contributed by atoms with van der Waals surface area (Å²) in [4.78, 5) is 21.2. The number of hydrogen-bond acceptors (Lipinski definition) is 6. The van der Waals surface area contributed by atoms with Crippen LogP contribution in [0.25, 0.3) is 0 Å². The van der Waals surface area contributed by atoms with E-state index in [1.165, 1.54) is 6.20 Å². The average Bonchev–Trinajstić information content (AvgIpc) is 2.38. The molecule has 1 saturated heterocycles. The maximum atomic E-state index is 11.4. The highest BCUT2D eigenvalue weighted by Crippen LogP contribution is 2.24. The first-order valence-electron chi connectivity index (χ1n) is 5.90. The Morgan fingerprint density at radius 2 is 2.39 bits per heavy atom. The lowest BCUT2D eigenvalue weighted by Crippen LogP contribution is -2.38. The van der Waals surface area contributed by atoms with Crippen LogP contribution in [0.4, 0.5) is 11.8 Å². The van der Waals surface area contributed by atoms with Crippen molar-refractivity contribution in [1.82, 2.24) is 9.97 Å². The number of amides is 1. The Hall–Kier alpha value is -1.89. The van der Waals surface area contributed by atoms with Gasteiger partial charge in [0.25, 0.3) is 5.91 Å². The first-order chi connectivity index (χ1) is 8.61. The number of aliphatic hydroxyl groups excluding tert-OH is 1. The van der Waals surface area contributed by atoms with Gasteiger partial charge in [0, 0.05) is 25.9 Å². The summed E-state index contributed by atoms with van der Waals surface area (Å²) in [5.41, 5.74) is 11.1. The van der Waals surface area contributed by atoms with Crippen LogP contribution in [-0.2, 0) is 0 Å². The summed E-state index contributed by atoms with van der Waals surface area (Å²) in [5.74, 6) is 0.195. The summed E-state index contributed by atoms with van der Waals surface area (Å²) < 4.78 is 0. The Balaban J connectivity index is 2.31. The molecule has 2 heterocycles. The predicted octanol–water partition coefficient (Wildman–Crippen LogP) is -0.634. The molecule has 1 atom stereocenters. The van der Waals surface area contributed by atoms with Gasteiger partial charge in [0.1, 0.15) is 11.4 Å². The first-order valence-corrected chi connectivity index (χ1v) is 5.90. The first kappa shape index (κ1) is 12.6. The van der Waals surface area contributed by atoms with Crippen molar-refractivity contribution in [1.29, 1.82) is 0 Å². The number of aliphatic hydroxyl groups is 1. The molecule has 0 aliphatic carbocycles. The molecule has 1 aliphatic rings. The lowest BCUT2D eigenvalue weighted by molar-refractivity contribution is 0.1000. The quantitative estimate of drug-likeness (QED) is 0.658. The molecule has 18 heavy (non-hydrogen) atoms. The molecule has 5 N–H and O–H groups in total. The molecule has 1 aromatic heterocycles. The van der Waals surface area contributed by atoms with Gasteiger partial charge in [0.05, 0.1) is 0 Å². The molecule has 0 saturated carbocycles. The van der Waals surface area contributed by atoms with E-state index in [4.69, 9.17) is 11.5 Å². The van der Waals surface area contributed by atoms with E-state index in [0.717, 1.165) is 19.4 Å². The number of carbonyl (C=O) groups is 1. The Morgan fingerprint density at radius 3 is 3.06 bits per heavy atom. The van der Waals surface area contributed by atoms with Gasteiger partial charge in [-0.05, 0) is 18.8 Å². The Labute approximate surface area is 105 Å². The third kappa shape index (κ3) is 2.51. The van der Waals surface area contributed by atoms with Gasteiger partial charge in [0.2, 0.25) is 5.95 Å². The molecule has 1 amide bonds. The van der Waals surface area contributed by atoms with Crippen LogP contribution >= 0.6 is 0 Å². The van der Waals surface area contributed by atoms with Crippen molar-refractivity contribution in [2.24, 2.45) is 11.7 Å². The number of primary amides is 1. The van der Waals surface area contributed by atoms with E-state index < -0.39 is 5.91 Å². The van der Waals surface area contributed by atoms with Crippen LogP contribution in [0.1, 0.15) is 23.2 Å². The van der Waals surface area contributed by atoms with Crippen molar-refractivity contribution < 1.29 is 9.90 Å². The molecule has 1 aliphatic heterocycles. The maximum absolute atomic E-state index is 11.4. The fourth-order valence-electron chi connectivity index (χ4n) is 2.21. The Kier molecular flexibility index (Phi) is 3.61. The summed E-state index contributed by atoms with van der Waals surface area (Å²) in [6.07, 6.45) is 3.26. The molecule has 7 heteroatoms. The highest BCUT2D eigenvalue weighted by atomic mass is 16.3. The van der Waals surface area contributed by atoms with E-state index in [2.05, 4.69) is 9.97 Å². The van der Waals surface area contributed by atoms with Gasteiger partial charge in [-0.15, -0.1) is 0 Å². The fraction of sp³-hybridized carbons (Fsp3) is 0.545. The van der Waals surface area contributed by atoms with E-state index in [-0.39, 0.29) is 24.0 Å². The molecule has 0 spiro atoms. The Bertz CT molecular complexity index is 451. The minimum absolute atomic E-state index is 0.112. The molecule has 7 nitrogen and oxygen atoms in total. The number of nitrogens with zero attached hydrogens (tertiary/aromatic N) is 3. The minimum Gasteiger partial charge on any atom is -0.396 e. The zero-order valence-corrected chi connectivity index (χ0v) is 10.0. The zero-order valence-electron chi connectivity index (χ0n) is 10.0. The standard InChI is InChI=1S/C11H17N5O2/c12-9(18)8-4-14-11(13)15-10(8)16-3-1-2-7(5-16)6-17/h4,7,17H,1-3,5-6H2,(H2,12,18)(H2,13,14,15). The van der Waals surface area contributed by atoms with Gasteiger partial charge < -0.3 is 21.5 Å². The third-order valence-electron chi connectivity index (χ3n) is 3.13. The molecule has 1 fully saturated rings. The van der Waals surface area contributed by atoms with Crippen LogP contribution in [0, 0.1) is 5.92 Å². The fourth-order valence-corrected chi connectivity index (χ4v) is 2.21. The smallest absolute Gasteiger partial charge is 0.254 e. The van der Waals surface area contributed by atoms with Gasteiger partial charge in [-0.3, -0.25) is 4.79 Å². The molecule has 0 bridgehead atoms. The van der Waals surface area contributed by atoms with E-state index >= 15 is 0 Å². The molecule has 1 aromatic rings. The zero-order chi connectivity index (χ0) is 13.1. The van der Waals surface area contributed by atoms with Gasteiger partial charge in [-0.25, -0.2) is 4.98 Å². The number of nitrogens with two attached hydrogens (primary N) is 2. The predicted molar refractivity (Wildman–Crippen MR) is 67.0 cm³/mol. The molecule has 0 radical (unpaired) electrons. The second-order valence-corrected chi connectivity index (χ2v) is 4.47. The van der Waals surface area contributed by atoms with Crippen molar-refractivity contribution in [2.75, 3.05) is 30.3 Å². The number of carbonyl (C=O) groups excluding carboxylic acids is 1. The van der Waals surface area contributed by atoms with Crippen molar-refractivity contribution in [2.45, 2.75) is 12.8 Å². The summed E-state index contributed by atoms with van der Waals surface area (Å²) in [7, 11) is 0. The van der Waals surface area contributed by atoms with E-state index in [1.54, 1.807) is 0 Å². The van der Waals surface area contributed by atoms with E-state index in [1.807, 2.05) is 4.90 Å². The van der Waals surface area contributed by atoms with Crippen LogP contribution in [-0.4, -0.2) is 40.7 Å². The lowest BCUT2D eigenvalue weighted by atomic mass is 9.99. The van der Waals surface area contributed by atoms with Gasteiger partial charge in [0.15, 0.2) is 0 Å². The summed E-state index contributed by atoms with van der Waals surface area (Å²) in [6.45, 7) is 1.55. The van der Waals surface area contributed by atoms with Crippen LogP contribution in [0.15, 0.2) is 6.20 Å². The summed E-state index contributed by atoms with van der Waals surface area (Å²) in [5, 5.41) is 9.21. The van der Waals surface area contributed by atoms with Crippen LogP contribution in [0.5, 0.6) is 0 Å². The summed E-state index contributed by atoms with van der Waals surface area (Å²) >= 11 is 0. The van der Waals surface area contributed by atoms with E-state index in [0.29, 0.717) is 12.4 Å². The van der Waals surface area contributed by atoms with Crippen molar-refractivity contribution in [3.8, 4) is 0 Å². The van der Waals surface area contributed by atoms with Crippen LogP contribution < -0.4 is 16.4 Å². The lowest BCUT2D eigenvalue weighted by Gasteiger charge is -2.33. The van der Waals surface area contributed by atoms with Gasteiger partial charge in [-0.1, -0.05) is 0 Å². The number of anilines is 2. The number of nitrogen functional groups attached to an aromatic ring is 1. The Morgan fingerprint density at radius 1 is 1.61 bits per heavy atom. The average molecular weight is 251 g/mol. The van der Waals surface area contributed by atoms with Gasteiger partial charge in [-0.2, -0.15) is 4.98 Å². The van der Waals surface area contributed by atoms with Crippen LogP contribution in [0.2, 0.25) is 0 Å². The highest BCUT2D eigenvalue weighted by Gasteiger charge is 2.24. The van der Waals surface area contributed by atoms with Crippen molar-refractivity contribution in [3.63, 3.8) is 0 Å². The minimum atomic E-state index is -0.573. The third-order valence-corrected chi connectivity index (χ3v) is 3.13. The number of piperidine rings is 1.